The minimum Gasteiger partial charge on any atom is -0.493 e. The second-order valence-corrected chi connectivity index (χ2v) is 10.5. The number of methoxy groups -OCH3 is 2. The van der Waals surface area contributed by atoms with Crippen molar-refractivity contribution in [3.63, 3.8) is 0 Å². The number of aliphatic hydroxyl groups is 4. The van der Waals surface area contributed by atoms with Crippen LogP contribution in [0.5, 0.6) is 28.7 Å². The van der Waals surface area contributed by atoms with Gasteiger partial charge in [0.2, 0.25) is 0 Å². The Morgan fingerprint density at radius 1 is 1.02 bits per heavy atom. The molecular weight excluding hydrogens is 540 g/mol. The molecule has 220 valence electrons. The molecule has 4 aliphatic rings. The molecule has 0 radical (unpaired) electrons. The fraction of sp³-hybridized carbons (Fsp3) is 0.483. The second-order valence-electron chi connectivity index (χ2n) is 10.5. The predicted molar refractivity (Wildman–Crippen MR) is 140 cm³/mol. The van der Waals surface area contributed by atoms with Crippen molar-refractivity contribution >= 4 is 5.78 Å². The van der Waals surface area contributed by atoms with Crippen LogP contribution in [0.3, 0.4) is 0 Å². The number of hydrogen-bond donors (Lipinski definition) is 4. The molecule has 0 spiro atoms. The van der Waals surface area contributed by atoms with Crippen molar-refractivity contribution in [1.29, 1.82) is 0 Å². The number of carbonyl (C=O) groups is 1. The normalized spacial score (nSPS) is 31.4. The maximum Gasteiger partial charge on any atom is 0.187 e. The molecule has 6 rings (SSSR count). The summed E-state index contributed by atoms with van der Waals surface area (Å²) in [6.45, 7) is 3.57. The van der Waals surface area contributed by atoms with Crippen molar-refractivity contribution in [2.45, 2.75) is 55.3 Å². The Hall–Kier alpha value is -3.39. The number of carbonyl (C=O) groups excluding carboxylic acids is 1. The number of Topliss-reactive ketones (excluding diaryl/α,β-unsaturated/α-hetero) is 1. The van der Waals surface area contributed by atoms with Gasteiger partial charge in [0.05, 0.1) is 38.9 Å². The SMILES string of the molecule is C=C(CO[C@H]1O[C@@H](CO)[C@H](O)[C@@H](O)[C@@H]1O)[C@@H]1Cc2c(ccc3c2O[C@H]2COc4cc(OC)c(OC)cc4[C@@H]2C3=O)O1. The second kappa shape index (κ2) is 10.8. The van der Waals surface area contributed by atoms with Crippen LogP contribution in [0.15, 0.2) is 36.4 Å². The maximum atomic E-state index is 13.8. The van der Waals surface area contributed by atoms with Crippen molar-refractivity contribution in [2.75, 3.05) is 34.0 Å². The van der Waals surface area contributed by atoms with Gasteiger partial charge in [-0.2, -0.15) is 0 Å². The standard InChI is InChI=1S/C29H32O12/c1-12(10-38-29-27(34)26(33)25(32)21(9-30)41-29)17-7-15-16(39-17)5-4-13-24(31)23-14-6-19(35-2)20(36-3)8-18(14)37-11-22(23)40-28(13)15/h4-6,8,17,21-23,25-27,29-30,32-34H,1,7,9-11H2,2-3H3/t17-,21-,22-,23-,25-,26+,27-,29-/m0/s1. The zero-order valence-corrected chi connectivity index (χ0v) is 22.5. The van der Waals surface area contributed by atoms with Crippen molar-refractivity contribution in [1.82, 2.24) is 0 Å². The van der Waals surface area contributed by atoms with Crippen LogP contribution in [-0.4, -0.2) is 103 Å². The summed E-state index contributed by atoms with van der Waals surface area (Å²) < 4.78 is 40.3. The lowest BCUT2D eigenvalue weighted by molar-refractivity contribution is -0.299. The lowest BCUT2D eigenvalue weighted by atomic mass is 9.81. The number of fused-ring (bicyclic) bond motifs is 6. The van der Waals surface area contributed by atoms with E-state index in [1.54, 1.807) is 24.3 Å². The van der Waals surface area contributed by atoms with E-state index in [2.05, 4.69) is 6.58 Å². The molecule has 2 aromatic carbocycles. The highest BCUT2D eigenvalue weighted by molar-refractivity contribution is 6.06. The van der Waals surface area contributed by atoms with Gasteiger partial charge in [-0.1, -0.05) is 6.58 Å². The zero-order valence-electron chi connectivity index (χ0n) is 22.5. The van der Waals surface area contributed by atoms with E-state index in [0.717, 1.165) is 5.56 Å². The van der Waals surface area contributed by atoms with Gasteiger partial charge in [-0.25, -0.2) is 0 Å². The van der Waals surface area contributed by atoms with Crippen LogP contribution in [0.4, 0.5) is 0 Å². The molecule has 0 saturated carbocycles. The van der Waals surface area contributed by atoms with Crippen LogP contribution in [-0.2, 0) is 15.9 Å². The fourth-order valence-electron chi connectivity index (χ4n) is 5.78. The quantitative estimate of drug-likeness (QED) is 0.341. The molecule has 0 aliphatic carbocycles. The van der Waals surface area contributed by atoms with E-state index in [0.29, 0.717) is 51.9 Å². The van der Waals surface area contributed by atoms with Crippen LogP contribution in [0, 0.1) is 0 Å². The predicted octanol–water partition coefficient (Wildman–Crippen LogP) is 0.500. The van der Waals surface area contributed by atoms with Gasteiger partial charge in [0.15, 0.2) is 23.6 Å². The minimum absolute atomic E-state index is 0.0933. The van der Waals surface area contributed by atoms with E-state index in [1.807, 2.05) is 0 Å². The molecule has 12 nitrogen and oxygen atoms in total. The molecule has 1 saturated heterocycles. The van der Waals surface area contributed by atoms with E-state index in [9.17, 15) is 25.2 Å². The third-order valence-corrected chi connectivity index (χ3v) is 8.06. The van der Waals surface area contributed by atoms with Crippen LogP contribution in [0.25, 0.3) is 0 Å². The molecular formula is C29H32O12. The third kappa shape index (κ3) is 4.60. The first-order valence-electron chi connectivity index (χ1n) is 13.3. The summed E-state index contributed by atoms with van der Waals surface area (Å²) in [5.41, 5.74) is 2.36. The summed E-state index contributed by atoms with van der Waals surface area (Å²) in [5, 5.41) is 39.6. The Kier molecular flexibility index (Phi) is 7.30. The van der Waals surface area contributed by atoms with Crippen molar-refractivity contribution in [2.24, 2.45) is 0 Å². The zero-order chi connectivity index (χ0) is 29.0. The number of benzene rings is 2. The summed E-state index contributed by atoms with van der Waals surface area (Å²) >= 11 is 0. The number of hydrogen-bond acceptors (Lipinski definition) is 12. The first-order valence-corrected chi connectivity index (χ1v) is 13.3. The fourth-order valence-corrected chi connectivity index (χ4v) is 5.78. The summed E-state index contributed by atoms with van der Waals surface area (Å²) in [6.07, 6.45) is -7.62. The summed E-state index contributed by atoms with van der Waals surface area (Å²) in [7, 11) is 3.06. The van der Waals surface area contributed by atoms with E-state index >= 15 is 0 Å². The van der Waals surface area contributed by atoms with E-state index in [1.165, 1.54) is 14.2 Å². The van der Waals surface area contributed by atoms with Gasteiger partial charge >= 0.3 is 0 Å². The Labute approximate surface area is 235 Å². The van der Waals surface area contributed by atoms with Gasteiger partial charge in [-0.3, -0.25) is 4.79 Å². The van der Waals surface area contributed by atoms with E-state index < -0.39 is 55.4 Å². The molecule has 0 amide bonds. The lowest BCUT2D eigenvalue weighted by Gasteiger charge is -2.39. The monoisotopic (exact) mass is 572 g/mol. The third-order valence-electron chi connectivity index (χ3n) is 8.06. The summed E-state index contributed by atoms with van der Waals surface area (Å²) in [6, 6.07) is 6.89. The van der Waals surface area contributed by atoms with Gasteiger partial charge in [0.1, 0.15) is 60.5 Å². The molecule has 8 atom stereocenters. The van der Waals surface area contributed by atoms with Crippen molar-refractivity contribution in [3.8, 4) is 28.7 Å². The van der Waals surface area contributed by atoms with Crippen LogP contribution < -0.4 is 23.7 Å². The summed E-state index contributed by atoms with van der Waals surface area (Å²) in [4.78, 5) is 13.8. The molecule has 41 heavy (non-hydrogen) atoms. The summed E-state index contributed by atoms with van der Waals surface area (Å²) in [5.74, 6) is 1.87. The largest absolute Gasteiger partial charge is 0.493 e. The number of aliphatic hydroxyl groups excluding tert-OH is 4. The van der Waals surface area contributed by atoms with Gasteiger partial charge in [0, 0.05) is 23.6 Å². The van der Waals surface area contributed by atoms with Crippen molar-refractivity contribution < 1.29 is 58.4 Å². The minimum atomic E-state index is -1.55. The molecule has 4 N–H and O–H groups in total. The Morgan fingerprint density at radius 3 is 2.51 bits per heavy atom. The van der Waals surface area contributed by atoms with Gasteiger partial charge < -0.3 is 53.6 Å². The van der Waals surface area contributed by atoms with Crippen LogP contribution >= 0.6 is 0 Å². The van der Waals surface area contributed by atoms with Gasteiger partial charge in [-0.15, -0.1) is 0 Å². The first kappa shape index (κ1) is 27.8. The highest BCUT2D eigenvalue weighted by atomic mass is 16.7. The molecule has 0 aromatic heterocycles. The smallest absolute Gasteiger partial charge is 0.187 e. The lowest BCUT2D eigenvalue weighted by Crippen LogP contribution is -2.59. The number of ether oxygens (including phenoxy) is 7. The van der Waals surface area contributed by atoms with Crippen LogP contribution in [0.1, 0.15) is 27.4 Å². The number of rotatable bonds is 7. The van der Waals surface area contributed by atoms with Gasteiger partial charge in [-0.05, 0) is 23.8 Å². The molecule has 1 fully saturated rings. The highest BCUT2D eigenvalue weighted by Crippen LogP contribution is 2.50. The topological polar surface area (TPSA) is 163 Å². The highest BCUT2D eigenvalue weighted by Gasteiger charge is 2.47. The number of ketones is 1. The first-order chi connectivity index (χ1) is 19.7. The Balaban J connectivity index is 1.18. The molecule has 0 bridgehead atoms. The van der Waals surface area contributed by atoms with E-state index in [4.69, 9.17) is 33.2 Å². The Morgan fingerprint density at radius 2 is 1.78 bits per heavy atom. The molecule has 2 aromatic rings. The van der Waals surface area contributed by atoms with Crippen LogP contribution in [0.2, 0.25) is 0 Å². The van der Waals surface area contributed by atoms with Gasteiger partial charge in [0.25, 0.3) is 0 Å². The Bertz CT molecular complexity index is 1360. The molecule has 4 aliphatic heterocycles. The van der Waals surface area contributed by atoms with Crippen molar-refractivity contribution in [3.05, 3.63) is 53.1 Å². The maximum absolute atomic E-state index is 13.8. The average Bonchev–Trinajstić information content (AvgIpc) is 3.44. The average molecular weight is 573 g/mol. The molecule has 4 heterocycles. The van der Waals surface area contributed by atoms with E-state index in [-0.39, 0.29) is 19.0 Å². The molecule has 0 unspecified atom stereocenters. The molecule has 12 heteroatoms.